The lowest BCUT2D eigenvalue weighted by atomic mass is 10.2. The third-order valence-corrected chi connectivity index (χ3v) is 3.64. The van der Waals surface area contributed by atoms with E-state index < -0.39 is 0 Å². The van der Waals surface area contributed by atoms with Crippen LogP contribution in [0.15, 0.2) is 47.6 Å². The molecule has 0 aliphatic heterocycles. The molecule has 0 radical (unpaired) electrons. The summed E-state index contributed by atoms with van der Waals surface area (Å²) in [6.45, 7) is 1.90. The number of benzene rings is 1. The fraction of sp³-hybridized carbons (Fsp3) is 0.294. The molecule has 1 heterocycles. The van der Waals surface area contributed by atoms with Crippen LogP contribution in [-0.2, 0) is 6.42 Å². The van der Waals surface area contributed by atoms with Gasteiger partial charge in [-0.25, -0.2) is 4.98 Å². The average Bonchev–Trinajstić information content (AvgIpc) is 2.59. The highest BCUT2D eigenvalue weighted by Gasteiger charge is 1.99. The molecule has 2 N–H and O–H groups in total. The smallest absolute Gasteiger partial charge is 0.191 e. The molecule has 2 rings (SSSR count). The van der Waals surface area contributed by atoms with Crippen molar-refractivity contribution in [2.24, 2.45) is 4.99 Å². The van der Waals surface area contributed by atoms with Crippen LogP contribution in [0, 0.1) is 0 Å². The number of pyridine rings is 1. The van der Waals surface area contributed by atoms with Gasteiger partial charge in [0.1, 0.15) is 17.5 Å². The van der Waals surface area contributed by atoms with Gasteiger partial charge in [-0.1, -0.05) is 35.3 Å². The van der Waals surface area contributed by atoms with Crippen molar-refractivity contribution >= 4 is 29.2 Å². The third-order valence-electron chi connectivity index (χ3n) is 3.18. The first kappa shape index (κ1) is 18.4. The Morgan fingerprint density at radius 2 is 2.00 bits per heavy atom. The number of ether oxygens (including phenoxy) is 1. The lowest BCUT2D eigenvalue weighted by Crippen LogP contribution is -2.40. The molecular formula is C17H20Cl2N4O. The minimum atomic E-state index is 0.504. The molecule has 2 aromatic rings. The Labute approximate surface area is 152 Å². The lowest BCUT2D eigenvalue weighted by Gasteiger charge is -2.12. The molecule has 0 saturated heterocycles. The van der Waals surface area contributed by atoms with Crippen LogP contribution in [0.3, 0.4) is 0 Å². The molecule has 0 unspecified atom stereocenters. The van der Waals surface area contributed by atoms with E-state index in [1.807, 2.05) is 24.3 Å². The number of aliphatic imine (C=N–C) groups is 1. The van der Waals surface area contributed by atoms with Crippen LogP contribution in [0.2, 0.25) is 10.2 Å². The van der Waals surface area contributed by atoms with E-state index in [1.165, 1.54) is 0 Å². The summed E-state index contributed by atoms with van der Waals surface area (Å²) in [6.07, 6.45) is 2.61. The maximum Gasteiger partial charge on any atom is 0.191 e. The van der Waals surface area contributed by atoms with E-state index in [0.717, 1.165) is 30.2 Å². The van der Waals surface area contributed by atoms with E-state index in [4.69, 9.17) is 27.9 Å². The fourth-order valence-corrected chi connectivity index (χ4v) is 2.29. The number of hydrogen-bond acceptors (Lipinski definition) is 3. The summed E-state index contributed by atoms with van der Waals surface area (Å²) in [7, 11) is 1.73. The summed E-state index contributed by atoms with van der Waals surface area (Å²) in [5, 5.41) is 7.60. The van der Waals surface area contributed by atoms with Gasteiger partial charge in [0, 0.05) is 24.8 Å². The Hall–Kier alpha value is -1.98. The van der Waals surface area contributed by atoms with Gasteiger partial charge >= 0.3 is 0 Å². The minimum absolute atomic E-state index is 0.504. The number of rotatable bonds is 7. The molecule has 24 heavy (non-hydrogen) atoms. The van der Waals surface area contributed by atoms with Gasteiger partial charge in [-0.15, -0.1) is 0 Å². The molecule has 0 atom stereocenters. The maximum atomic E-state index is 5.91. The molecule has 0 aliphatic carbocycles. The molecule has 0 amide bonds. The predicted molar refractivity (Wildman–Crippen MR) is 99.3 cm³/mol. The van der Waals surface area contributed by atoms with Crippen molar-refractivity contribution in [3.8, 4) is 5.75 Å². The zero-order valence-electron chi connectivity index (χ0n) is 13.4. The zero-order valence-corrected chi connectivity index (χ0v) is 14.9. The van der Waals surface area contributed by atoms with Gasteiger partial charge in [0.25, 0.3) is 0 Å². The van der Waals surface area contributed by atoms with E-state index in [9.17, 15) is 0 Å². The molecule has 0 aliphatic rings. The van der Waals surface area contributed by atoms with E-state index >= 15 is 0 Å². The van der Waals surface area contributed by atoms with Gasteiger partial charge in [-0.05, 0) is 36.2 Å². The number of nitrogens with one attached hydrogen (secondary N) is 2. The van der Waals surface area contributed by atoms with Crippen molar-refractivity contribution in [2.75, 3.05) is 26.7 Å². The molecule has 1 aromatic heterocycles. The normalized spacial score (nSPS) is 11.2. The van der Waals surface area contributed by atoms with E-state index in [1.54, 1.807) is 25.4 Å². The van der Waals surface area contributed by atoms with Crippen molar-refractivity contribution in [1.29, 1.82) is 0 Å². The van der Waals surface area contributed by atoms with Gasteiger partial charge in [-0.3, -0.25) is 4.99 Å². The van der Waals surface area contributed by atoms with Crippen LogP contribution in [-0.4, -0.2) is 37.7 Å². The molecule has 0 bridgehead atoms. The van der Waals surface area contributed by atoms with Crippen LogP contribution < -0.4 is 15.4 Å². The van der Waals surface area contributed by atoms with Gasteiger partial charge < -0.3 is 15.4 Å². The molecule has 0 saturated carbocycles. The standard InChI is InChI=1S/C17H20Cl2N4O/c1-20-17(21-8-7-13-5-6-16(19)23-12-13)22-9-10-24-15-4-2-3-14(18)11-15/h2-6,11-12H,7-10H2,1H3,(H2,20,21,22). The van der Waals surface area contributed by atoms with Crippen LogP contribution in [0.4, 0.5) is 0 Å². The van der Waals surface area contributed by atoms with Crippen LogP contribution >= 0.6 is 23.2 Å². The first-order chi connectivity index (χ1) is 11.7. The Balaban J connectivity index is 1.64. The molecule has 7 heteroatoms. The van der Waals surface area contributed by atoms with Crippen LogP contribution in [0.25, 0.3) is 0 Å². The Bertz CT molecular complexity index is 662. The summed E-state index contributed by atoms with van der Waals surface area (Å²) < 4.78 is 5.62. The second kappa shape index (κ2) is 10.0. The zero-order chi connectivity index (χ0) is 17.2. The molecule has 1 aromatic carbocycles. The number of aromatic nitrogens is 1. The second-order valence-corrected chi connectivity index (χ2v) is 5.79. The highest BCUT2D eigenvalue weighted by atomic mass is 35.5. The van der Waals surface area contributed by atoms with Gasteiger partial charge in [0.05, 0.1) is 6.54 Å². The average molecular weight is 367 g/mol. The number of hydrogen-bond donors (Lipinski definition) is 2. The summed E-state index contributed by atoms with van der Waals surface area (Å²) in [6, 6.07) is 11.1. The second-order valence-electron chi connectivity index (χ2n) is 4.97. The Morgan fingerprint density at radius 1 is 1.17 bits per heavy atom. The summed E-state index contributed by atoms with van der Waals surface area (Å²) in [4.78, 5) is 8.23. The minimum Gasteiger partial charge on any atom is -0.492 e. The number of halogens is 2. The van der Waals surface area contributed by atoms with Crippen LogP contribution in [0.5, 0.6) is 5.75 Å². The van der Waals surface area contributed by atoms with Gasteiger partial charge in [0.15, 0.2) is 5.96 Å². The molecule has 0 spiro atoms. The molecule has 0 fully saturated rings. The number of guanidine groups is 1. The Kier molecular flexibility index (Phi) is 7.65. The third kappa shape index (κ3) is 6.64. The topological polar surface area (TPSA) is 58.5 Å². The van der Waals surface area contributed by atoms with Gasteiger partial charge in [-0.2, -0.15) is 0 Å². The molecule has 128 valence electrons. The van der Waals surface area contributed by atoms with Crippen molar-refractivity contribution in [3.63, 3.8) is 0 Å². The summed E-state index contributed by atoms with van der Waals surface area (Å²) in [5.41, 5.74) is 1.12. The quantitative estimate of drug-likeness (QED) is 0.342. The summed E-state index contributed by atoms with van der Waals surface area (Å²) >= 11 is 11.7. The summed E-state index contributed by atoms with van der Waals surface area (Å²) in [5.74, 6) is 1.48. The van der Waals surface area contributed by atoms with Crippen molar-refractivity contribution in [1.82, 2.24) is 15.6 Å². The van der Waals surface area contributed by atoms with Gasteiger partial charge in [0.2, 0.25) is 0 Å². The van der Waals surface area contributed by atoms with Crippen molar-refractivity contribution in [2.45, 2.75) is 6.42 Å². The fourth-order valence-electron chi connectivity index (χ4n) is 2.00. The first-order valence-corrected chi connectivity index (χ1v) is 8.36. The predicted octanol–water partition coefficient (Wildman–Crippen LogP) is 3.17. The highest BCUT2D eigenvalue weighted by molar-refractivity contribution is 6.30. The SMILES string of the molecule is CN=C(NCCOc1cccc(Cl)c1)NCCc1ccc(Cl)nc1. The Morgan fingerprint density at radius 3 is 2.71 bits per heavy atom. The first-order valence-electron chi connectivity index (χ1n) is 7.60. The lowest BCUT2D eigenvalue weighted by molar-refractivity contribution is 0.322. The highest BCUT2D eigenvalue weighted by Crippen LogP contribution is 2.16. The van der Waals surface area contributed by atoms with Crippen molar-refractivity contribution < 1.29 is 4.74 Å². The molecule has 5 nitrogen and oxygen atoms in total. The number of nitrogens with zero attached hydrogens (tertiary/aromatic N) is 2. The van der Waals surface area contributed by atoms with E-state index in [0.29, 0.717) is 23.3 Å². The molecular weight excluding hydrogens is 347 g/mol. The maximum absolute atomic E-state index is 5.91. The largest absolute Gasteiger partial charge is 0.492 e. The van der Waals surface area contributed by atoms with E-state index in [2.05, 4.69) is 20.6 Å². The van der Waals surface area contributed by atoms with Crippen molar-refractivity contribution in [3.05, 3.63) is 58.3 Å². The van der Waals surface area contributed by atoms with E-state index in [-0.39, 0.29) is 0 Å². The monoisotopic (exact) mass is 366 g/mol. The van der Waals surface area contributed by atoms with Crippen LogP contribution in [0.1, 0.15) is 5.56 Å².